The number of hydrogen-bond acceptors (Lipinski definition) is 7. The van der Waals surface area contributed by atoms with Crippen molar-refractivity contribution < 1.29 is 23.1 Å². The summed E-state index contributed by atoms with van der Waals surface area (Å²) in [6.07, 6.45) is 0. The van der Waals surface area contributed by atoms with Gasteiger partial charge in [-0.05, 0) is 23.8 Å². The minimum absolute atomic E-state index is 0.0438. The number of nitro groups is 2. The molecule has 0 radical (unpaired) electrons. The number of nitrogens with two attached hydrogens (primary N) is 1. The summed E-state index contributed by atoms with van der Waals surface area (Å²) in [5, 5.41) is 29.1. The van der Waals surface area contributed by atoms with E-state index < -0.39 is 37.2 Å². The van der Waals surface area contributed by atoms with Crippen molar-refractivity contribution in [2.24, 2.45) is 5.14 Å². The molecule has 0 bridgehead atoms. The van der Waals surface area contributed by atoms with E-state index in [0.29, 0.717) is 11.6 Å². The predicted octanol–water partition coefficient (Wildman–Crippen LogP) is 1.08. The van der Waals surface area contributed by atoms with Crippen LogP contribution < -0.4 is 10.5 Å². The van der Waals surface area contributed by atoms with Crippen LogP contribution in [0.1, 0.15) is 15.9 Å². The molecule has 0 atom stereocenters. The average Bonchev–Trinajstić information content (AvgIpc) is 2.58. The molecule has 2 aromatic carbocycles. The van der Waals surface area contributed by atoms with E-state index in [0.717, 1.165) is 12.1 Å². The first-order valence-corrected chi connectivity index (χ1v) is 8.47. The fourth-order valence-corrected chi connectivity index (χ4v) is 2.57. The zero-order chi connectivity index (χ0) is 19.5. The molecule has 0 aliphatic heterocycles. The second-order valence-electron chi connectivity index (χ2n) is 5.09. The Bertz CT molecular complexity index is 987. The van der Waals surface area contributed by atoms with Crippen LogP contribution in [-0.2, 0) is 16.6 Å². The second-order valence-corrected chi connectivity index (χ2v) is 6.65. The van der Waals surface area contributed by atoms with Crippen molar-refractivity contribution in [3.63, 3.8) is 0 Å². The van der Waals surface area contributed by atoms with Crippen LogP contribution in [0, 0.1) is 20.2 Å². The predicted molar refractivity (Wildman–Crippen MR) is 88.7 cm³/mol. The van der Waals surface area contributed by atoms with Crippen molar-refractivity contribution in [2.75, 3.05) is 0 Å². The molecule has 0 saturated heterocycles. The minimum Gasteiger partial charge on any atom is -0.348 e. The van der Waals surface area contributed by atoms with Crippen molar-refractivity contribution >= 4 is 27.3 Å². The Morgan fingerprint density at radius 1 is 1.04 bits per heavy atom. The first kappa shape index (κ1) is 19.0. The van der Waals surface area contributed by atoms with Crippen molar-refractivity contribution in [3.8, 4) is 0 Å². The lowest BCUT2D eigenvalue weighted by molar-refractivity contribution is -0.394. The number of hydrogen-bond donors (Lipinski definition) is 2. The number of carbonyl (C=O) groups excluding carboxylic acids is 1. The summed E-state index contributed by atoms with van der Waals surface area (Å²) in [7, 11) is -3.84. The summed E-state index contributed by atoms with van der Waals surface area (Å²) < 4.78 is 22.3. The Kier molecular flexibility index (Phi) is 5.28. The van der Waals surface area contributed by atoms with Crippen molar-refractivity contribution in [3.05, 3.63) is 73.8 Å². The van der Waals surface area contributed by atoms with E-state index in [9.17, 15) is 33.4 Å². The van der Waals surface area contributed by atoms with Gasteiger partial charge in [0.1, 0.15) is 5.56 Å². The summed E-state index contributed by atoms with van der Waals surface area (Å²) in [5.74, 6) is -0.804. The number of carbonyl (C=O) groups is 1. The smallest absolute Gasteiger partial charge is 0.289 e. The lowest BCUT2D eigenvalue weighted by Gasteiger charge is -2.07. The molecular formula is C14H12N4O7S. The summed E-state index contributed by atoms with van der Waals surface area (Å²) in [6.45, 7) is -0.0438. The van der Waals surface area contributed by atoms with Gasteiger partial charge in [0, 0.05) is 12.6 Å². The first-order chi connectivity index (χ1) is 12.1. The monoisotopic (exact) mass is 380 g/mol. The molecule has 26 heavy (non-hydrogen) atoms. The zero-order valence-electron chi connectivity index (χ0n) is 13.0. The zero-order valence-corrected chi connectivity index (χ0v) is 13.8. The van der Waals surface area contributed by atoms with E-state index in [-0.39, 0.29) is 17.0 Å². The number of nitrogens with zero attached hydrogens (tertiary/aromatic N) is 2. The normalized spacial score (nSPS) is 11.0. The maximum atomic E-state index is 12.1. The molecule has 2 rings (SSSR count). The number of non-ortho nitro benzene ring substituents is 1. The highest BCUT2D eigenvalue weighted by Crippen LogP contribution is 2.24. The van der Waals surface area contributed by atoms with Gasteiger partial charge in [-0.15, -0.1) is 0 Å². The molecule has 0 saturated carbocycles. The lowest BCUT2D eigenvalue weighted by Crippen LogP contribution is -2.23. The van der Waals surface area contributed by atoms with Gasteiger partial charge in [-0.1, -0.05) is 12.1 Å². The standard InChI is InChI=1S/C14H12N4O7S/c15-26(24,25)11-4-1-9(2-5-11)8-16-14(19)12-6-3-10(17(20)21)7-13(12)18(22)23/h1-7H,8H2,(H,16,19)(H2,15,24,25). The molecule has 0 unspecified atom stereocenters. The van der Waals surface area contributed by atoms with Gasteiger partial charge < -0.3 is 5.32 Å². The van der Waals surface area contributed by atoms with Gasteiger partial charge in [0.15, 0.2) is 0 Å². The number of primary sulfonamides is 1. The largest absolute Gasteiger partial charge is 0.348 e. The van der Waals surface area contributed by atoms with Crippen LogP contribution in [0.25, 0.3) is 0 Å². The van der Waals surface area contributed by atoms with Gasteiger partial charge in [-0.25, -0.2) is 13.6 Å². The van der Waals surface area contributed by atoms with Crippen LogP contribution in [0.5, 0.6) is 0 Å². The van der Waals surface area contributed by atoms with Crippen LogP contribution in [0.3, 0.4) is 0 Å². The number of sulfonamides is 1. The molecule has 3 N–H and O–H groups in total. The summed E-state index contributed by atoms with van der Waals surface area (Å²) >= 11 is 0. The summed E-state index contributed by atoms with van der Waals surface area (Å²) in [4.78, 5) is 32.1. The number of amides is 1. The molecule has 2 aromatic rings. The average molecular weight is 380 g/mol. The lowest BCUT2D eigenvalue weighted by atomic mass is 10.1. The number of nitro benzene ring substituents is 2. The topological polar surface area (TPSA) is 176 Å². The molecule has 1 amide bonds. The molecule has 0 aromatic heterocycles. The van der Waals surface area contributed by atoms with Crippen LogP contribution in [0.4, 0.5) is 11.4 Å². The second kappa shape index (κ2) is 7.25. The van der Waals surface area contributed by atoms with E-state index >= 15 is 0 Å². The van der Waals surface area contributed by atoms with Crippen LogP contribution in [0.15, 0.2) is 47.4 Å². The highest BCUT2D eigenvalue weighted by atomic mass is 32.2. The molecule has 0 fully saturated rings. The summed E-state index contributed by atoms with van der Waals surface area (Å²) in [6, 6.07) is 8.04. The van der Waals surface area contributed by atoms with E-state index in [1.54, 1.807) is 0 Å². The SMILES string of the molecule is NS(=O)(=O)c1ccc(CNC(=O)c2ccc([N+](=O)[O-])cc2[N+](=O)[O-])cc1. The molecule has 11 nitrogen and oxygen atoms in total. The van der Waals surface area contributed by atoms with Gasteiger partial charge in [0.2, 0.25) is 10.0 Å². The maximum Gasteiger partial charge on any atom is 0.289 e. The third-order valence-corrected chi connectivity index (χ3v) is 4.27. The van der Waals surface area contributed by atoms with E-state index in [1.165, 1.54) is 24.3 Å². The quantitative estimate of drug-likeness (QED) is 0.556. The summed E-state index contributed by atoms with van der Waals surface area (Å²) in [5.41, 5.74) is -1.01. The van der Waals surface area contributed by atoms with E-state index in [2.05, 4.69) is 5.32 Å². The van der Waals surface area contributed by atoms with E-state index in [1.807, 2.05) is 0 Å². The molecule has 0 aliphatic carbocycles. The van der Waals surface area contributed by atoms with Gasteiger partial charge in [-0.3, -0.25) is 25.0 Å². The Morgan fingerprint density at radius 2 is 1.65 bits per heavy atom. The molecule has 0 spiro atoms. The molecular weight excluding hydrogens is 368 g/mol. The Balaban J connectivity index is 2.17. The van der Waals surface area contributed by atoms with E-state index in [4.69, 9.17) is 5.14 Å². The van der Waals surface area contributed by atoms with Crippen molar-refractivity contribution in [2.45, 2.75) is 11.4 Å². The Morgan fingerprint density at radius 3 is 2.15 bits per heavy atom. The molecule has 136 valence electrons. The van der Waals surface area contributed by atoms with Gasteiger partial charge in [0.05, 0.1) is 20.8 Å². The Hall–Kier alpha value is -3.38. The number of rotatable bonds is 6. The van der Waals surface area contributed by atoms with Crippen LogP contribution in [-0.4, -0.2) is 24.2 Å². The van der Waals surface area contributed by atoms with Gasteiger partial charge >= 0.3 is 0 Å². The minimum atomic E-state index is -3.84. The fourth-order valence-electron chi connectivity index (χ4n) is 2.05. The van der Waals surface area contributed by atoms with Gasteiger partial charge in [0.25, 0.3) is 17.3 Å². The molecule has 0 aliphatic rings. The third kappa shape index (κ3) is 4.37. The number of nitrogens with one attached hydrogen (secondary N) is 1. The Labute approximate surface area is 146 Å². The van der Waals surface area contributed by atoms with Crippen LogP contribution in [0.2, 0.25) is 0 Å². The fraction of sp³-hybridized carbons (Fsp3) is 0.0714. The molecule has 12 heteroatoms. The first-order valence-electron chi connectivity index (χ1n) is 6.92. The van der Waals surface area contributed by atoms with Gasteiger partial charge in [-0.2, -0.15) is 0 Å². The highest BCUT2D eigenvalue weighted by molar-refractivity contribution is 7.89. The number of benzene rings is 2. The van der Waals surface area contributed by atoms with Crippen LogP contribution >= 0.6 is 0 Å². The van der Waals surface area contributed by atoms with Crippen molar-refractivity contribution in [1.82, 2.24) is 5.32 Å². The third-order valence-electron chi connectivity index (χ3n) is 3.34. The molecule has 0 heterocycles. The highest BCUT2D eigenvalue weighted by Gasteiger charge is 2.23. The maximum absolute atomic E-state index is 12.1. The van der Waals surface area contributed by atoms with Crippen molar-refractivity contribution in [1.29, 1.82) is 0 Å².